The van der Waals surface area contributed by atoms with Gasteiger partial charge in [-0.3, -0.25) is 14.9 Å². The lowest BCUT2D eigenvalue weighted by molar-refractivity contribution is -0.528. The van der Waals surface area contributed by atoms with Gasteiger partial charge < -0.3 is 0 Å². The number of rotatable bonds is 6. The van der Waals surface area contributed by atoms with Crippen molar-refractivity contribution in [2.75, 3.05) is 0 Å². The molecule has 0 aliphatic carbocycles. The van der Waals surface area contributed by atoms with Crippen LogP contribution in [0.25, 0.3) is 0 Å². The van der Waals surface area contributed by atoms with Crippen LogP contribution < -0.4 is 0 Å². The van der Waals surface area contributed by atoms with E-state index in [1.54, 1.807) is 13.8 Å². The summed E-state index contributed by atoms with van der Waals surface area (Å²) in [6.07, 6.45) is 0.654. The summed E-state index contributed by atoms with van der Waals surface area (Å²) < 4.78 is 0. The molecule has 0 bridgehead atoms. The number of carbonyl (C=O) groups is 1. The fourth-order valence-corrected chi connectivity index (χ4v) is 1.83. The number of nitrogens with zero attached hydrogens (tertiary/aromatic N) is 1. The van der Waals surface area contributed by atoms with Gasteiger partial charge in [0.2, 0.25) is 6.04 Å². The predicted octanol–water partition coefficient (Wildman–Crippen LogP) is 2.49. The summed E-state index contributed by atoms with van der Waals surface area (Å²) in [5.41, 5.74) is 0.893. The SMILES string of the molecule is CCC(=O)C(C)C(Cc1ccccc1)[N+](=O)[O-]. The lowest BCUT2D eigenvalue weighted by atomic mass is 9.91. The summed E-state index contributed by atoms with van der Waals surface area (Å²) in [6, 6.07) is 8.42. The largest absolute Gasteiger partial charge is 0.299 e. The summed E-state index contributed by atoms with van der Waals surface area (Å²) in [7, 11) is 0. The van der Waals surface area contributed by atoms with E-state index in [1.165, 1.54) is 0 Å². The third-order valence-corrected chi connectivity index (χ3v) is 2.99. The predicted molar refractivity (Wildman–Crippen MR) is 65.4 cm³/mol. The van der Waals surface area contributed by atoms with Crippen LogP contribution >= 0.6 is 0 Å². The van der Waals surface area contributed by atoms with E-state index in [0.29, 0.717) is 12.8 Å². The first-order valence-corrected chi connectivity index (χ1v) is 5.76. The second-order valence-electron chi connectivity index (χ2n) is 4.15. The highest BCUT2D eigenvalue weighted by Gasteiger charge is 2.32. The van der Waals surface area contributed by atoms with E-state index in [0.717, 1.165) is 5.56 Å². The van der Waals surface area contributed by atoms with Crippen molar-refractivity contribution in [2.24, 2.45) is 5.92 Å². The van der Waals surface area contributed by atoms with Gasteiger partial charge in [-0.05, 0) is 12.5 Å². The maximum Gasteiger partial charge on any atom is 0.226 e. The van der Waals surface area contributed by atoms with Crippen LogP contribution in [0.1, 0.15) is 25.8 Å². The van der Waals surface area contributed by atoms with Gasteiger partial charge in [-0.1, -0.05) is 37.3 Å². The Morgan fingerprint density at radius 1 is 1.35 bits per heavy atom. The molecule has 4 nitrogen and oxygen atoms in total. The summed E-state index contributed by atoms with van der Waals surface area (Å²) in [4.78, 5) is 22.2. The molecule has 0 radical (unpaired) electrons. The zero-order valence-electron chi connectivity index (χ0n) is 10.1. The van der Waals surface area contributed by atoms with Crippen molar-refractivity contribution in [3.8, 4) is 0 Å². The van der Waals surface area contributed by atoms with E-state index in [2.05, 4.69) is 0 Å². The van der Waals surface area contributed by atoms with Crippen molar-refractivity contribution in [2.45, 2.75) is 32.7 Å². The Balaban J connectivity index is 2.81. The summed E-state index contributed by atoms with van der Waals surface area (Å²) in [5.74, 6) is -0.585. The van der Waals surface area contributed by atoms with E-state index < -0.39 is 12.0 Å². The van der Waals surface area contributed by atoms with Crippen molar-refractivity contribution >= 4 is 5.78 Å². The Morgan fingerprint density at radius 2 is 1.94 bits per heavy atom. The third-order valence-electron chi connectivity index (χ3n) is 2.99. The zero-order valence-corrected chi connectivity index (χ0v) is 10.1. The molecule has 0 aromatic heterocycles. The van der Waals surface area contributed by atoms with Gasteiger partial charge in [-0.25, -0.2) is 0 Å². The maximum absolute atomic E-state index is 11.5. The molecule has 1 aromatic carbocycles. The van der Waals surface area contributed by atoms with Crippen molar-refractivity contribution in [3.63, 3.8) is 0 Å². The molecule has 0 N–H and O–H groups in total. The smallest absolute Gasteiger partial charge is 0.226 e. The van der Waals surface area contributed by atoms with Crippen LogP contribution in [-0.4, -0.2) is 16.7 Å². The monoisotopic (exact) mass is 235 g/mol. The van der Waals surface area contributed by atoms with Gasteiger partial charge in [0.15, 0.2) is 0 Å². The van der Waals surface area contributed by atoms with Crippen LogP contribution in [0.3, 0.4) is 0 Å². The second kappa shape index (κ2) is 6.13. The van der Waals surface area contributed by atoms with E-state index >= 15 is 0 Å². The Bertz CT molecular complexity index is 389. The molecule has 0 heterocycles. The van der Waals surface area contributed by atoms with Gasteiger partial charge in [-0.2, -0.15) is 0 Å². The number of ketones is 1. The summed E-state index contributed by atoms with van der Waals surface area (Å²) in [6.45, 7) is 3.38. The van der Waals surface area contributed by atoms with Crippen LogP contribution in [0.4, 0.5) is 0 Å². The molecule has 0 saturated carbocycles. The number of hydrogen-bond donors (Lipinski definition) is 0. The average Bonchev–Trinajstić information content (AvgIpc) is 2.35. The molecule has 1 rings (SSSR count). The van der Waals surface area contributed by atoms with Gasteiger partial charge in [0.25, 0.3) is 0 Å². The number of hydrogen-bond acceptors (Lipinski definition) is 3. The fourth-order valence-electron chi connectivity index (χ4n) is 1.83. The molecular formula is C13H17NO3. The minimum absolute atomic E-state index is 0.0531. The first-order chi connectivity index (χ1) is 8.06. The molecule has 17 heavy (non-hydrogen) atoms. The van der Waals surface area contributed by atoms with Crippen LogP contribution in [0.15, 0.2) is 30.3 Å². The molecule has 0 fully saturated rings. The summed E-state index contributed by atoms with van der Waals surface area (Å²) in [5, 5.41) is 11.0. The number of benzene rings is 1. The average molecular weight is 235 g/mol. The highest BCUT2D eigenvalue weighted by molar-refractivity contribution is 5.80. The molecule has 2 atom stereocenters. The van der Waals surface area contributed by atoms with Crippen LogP contribution in [0.5, 0.6) is 0 Å². The normalized spacial score (nSPS) is 14.0. The number of nitro groups is 1. The number of Topliss-reactive ketones (excluding diaryl/α,β-unsaturated/α-hetero) is 1. The molecule has 0 saturated heterocycles. The number of carbonyl (C=O) groups excluding carboxylic acids is 1. The topological polar surface area (TPSA) is 60.2 Å². The van der Waals surface area contributed by atoms with Crippen molar-refractivity contribution < 1.29 is 9.72 Å². The Morgan fingerprint density at radius 3 is 2.41 bits per heavy atom. The van der Waals surface area contributed by atoms with Crippen molar-refractivity contribution in [1.29, 1.82) is 0 Å². The zero-order chi connectivity index (χ0) is 12.8. The highest BCUT2D eigenvalue weighted by Crippen LogP contribution is 2.15. The third kappa shape index (κ3) is 3.66. The standard InChI is InChI=1S/C13H17NO3/c1-3-13(15)10(2)12(14(16)17)9-11-7-5-4-6-8-11/h4-8,10,12H,3,9H2,1-2H3. The molecule has 92 valence electrons. The summed E-state index contributed by atoms with van der Waals surface area (Å²) >= 11 is 0. The highest BCUT2D eigenvalue weighted by atomic mass is 16.6. The lowest BCUT2D eigenvalue weighted by Gasteiger charge is -2.15. The Labute approximate surface area is 101 Å². The molecule has 4 heteroatoms. The fraction of sp³-hybridized carbons (Fsp3) is 0.462. The molecule has 2 unspecified atom stereocenters. The molecule has 0 amide bonds. The minimum Gasteiger partial charge on any atom is -0.299 e. The first kappa shape index (κ1) is 13.4. The minimum atomic E-state index is -0.829. The maximum atomic E-state index is 11.5. The van der Waals surface area contributed by atoms with E-state index in [9.17, 15) is 14.9 Å². The van der Waals surface area contributed by atoms with Gasteiger partial charge in [0.05, 0.1) is 5.92 Å². The lowest BCUT2D eigenvalue weighted by Crippen LogP contribution is -2.34. The molecule has 0 aliphatic heterocycles. The van der Waals surface area contributed by atoms with E-state index in [-0.39, 0.29) is 10.7 Å². The van der Waals surface area contributed by atoms with Crippen LogP contribution in [0.2, 0.25) is 0 Å². The quantitative estimate of drug-likeness (QED) is 0.562. The Hall–Kier alpha value is -1.71. The van der Waals surface area contributed by atoms with E-state index in [4.69, 9.17) is 0 Å². The van der Waals surface area contributed by atoms with E-state index in [1.807, 2.05) is 30.3 Å². The molecule has 0 spiro atoms. The van der Waals surface area contributed by atoms with Gasteiger partial charge in [0.1, 0.15) is 5.78 Å². The van der Waals surface area contributed by atoms with Crippen LogP contribution in [-0.2, 0) is 11.2 Å². The second-order valence-corrected chi connectivity index (χ2v) is 4.15. The molecule has 0 aliphatic rings. The molecular weight excluding hydrogens is 218 g/mol. The van der Waals surface area contributed by atoms with Gasteiger partial charge >= 0.3 is 0 Å². The first-order valence-electron chi connectivity index (χ1n) is 5.76. The van der Waals surface area contributed by atoms with Crippen LogP contribution in [0, 0.1) is 16.0 Å². The van der Waals surface area contributed by atoms with Crippen molar-refractivity contribution in [3.05, 3.63) is 46.0 Å². The molecule has 1 aromatic rings. The van der Waals surface area contributed by atoms with Crippen molar-refractivity contribution in [1.82, 2.24) is 0 Å². The Kier molecular flexibility index (Phi) is 4.82. The van der Waals surface area contributed by atoms with Gasteiger partial charge in [0, 0.05) is 17.8 Å². The van der Waals surface area contributed by atoms with Gasteiger partial charge in [-0.15, -0.1) is 0 Å².